The number of ether oxygens (including phenoxy) is 3. The quantitative estimate of drug-likeness (QED) is 0.799. The second kappa shape index (κ2) is 7.93. The van der Waals surface area contributed by atoms with E-state index in [-0.39, 0.29) is 5.91 Å². The van der Waals surface area contributed by atoms with E-state index in [1.54, 1.807) is 30.1 Å². The Morgan fingerprint density at radius 1 is 1.00 bits per heavy atom. The van der Waals surface area contributed by atoms with Gasteiger partial charge in [-0.05, 0) is 17.7 Å². The molecule has 0 saturated heterocycles. The van der Waals surface area contributed by atoms with Crippen molar-refractivity contribution in [2.75, 3.05) is 28.4 Å². The van der Waals surface area contributed by atoms with Crippen LogP contribution >= 0.6 is 11.6 Å². The molecule has 0 aliphatic heterocycles. The average Bonchev–Trinajstić information content (AvgIpc) is 2.59. The first-order valence-electron chi connectivity index (χ1n) is 7.30. The summed E-state index contributed by atoms with van der Waals surface area (Å²) in [4.78, 5) is 14.4. The van der Waals surface area contributed by atoms with Crippen LogP contribution in [0.15, 0.2) is 36.4 Å². The van der Waals surface area contributed by atoms with Crippen molar-refractivity contribution in [2.24, 2.45) is 0 Å². The molecule has 0 unspecified atom stereocenters. The fourth-order valence-corrected chi connectivity index (χ4v) is 2.60. The summed E-state index contributed by atoms with van der Waals surface area (Å²) < 4.78 is 15.8. The predicted molar refractivity (Wildman–Crippen MR) is 93.3 cm³/mol. The molecule has 0 radical (unpaired) electrons. The maximum Gasteiger partial charge on any atom is 0.257 e. The van der Waals surface area contributed by atoms with Gasteiger partial charge < -0.3 is 19.1 Å². The highest BCUT2D eigenvalue weighted by atomic mass is 35.5. The third-order valence-electron chi connectivity index (χ3n) is 3.59. The van der Waals surface area contributed by atoms with Gasteiger partial charge in [0, 0.05) is 30.7 Å². The Kier molecular flexibility index (Phi) is 5.93. The summed E-state index contributed by atoms with van der Waals surface area (Å²) in [6.07, 6.45) is 0. The predicted octanol–water partition coefficient (Wildman–Crippen LogP) is 3.64. The van der Waals surface area contributed by atoms with E-state index in [0.717, 1.165) is 5.56 Å². The van der Waals surface area contributed by atoms with Crippen LogP contribution in [0, 0.1) is 0 Å². The van der Waals surface area contributed by atoms with Gasteiger partial charge in [-0.3, -0.25) is 4.79 Å². The molecule has 0 heterocycles. The summed E-state index contributed by atoms with van der Waals surface area (Å²) in [7, 11) is 6.28. The van der Waals surface area contributed by atoms with E-state index in [1.165, 1.54) is 21.3 Å². The summed E-state index contributed by atoms with van der Waals surface area (Å²) in [5, 5.41) is 0.636. The lowest BCUT2D eigenvalue weighted by molar-refractivity contribution is 0.0781. The third-order valence-corrected chi connectivity index (χ3v) is 3.83. The summed E-state index contributed by atoms with van der Waals surface area (Å²) in [5.41, 5.74) is 1.34. The van der Waals surface area contributed by atoms with Crippen LogP contribution in [0.5, 0.6) is 17.2 Å². The third kappa shape index (κ3) is 3.92. The summed E-state index contributed by atoms with van der Waals surface area (Å²) >= 11 is 5.99. The zero-order chi connectivity index (χ0) is 17.7. The molecule has 0 bridgehead atoms. The largest absolute Gasteiger partial charge is 0.496 e. The molecule has 5 nitrogen and oxygen atoms in total. The maximum absolute atomic E-state index is 12.8. The lowest BCUT2D eigenvalue weighted by Gasteiger charge is -2.20. The second-order valence-electron chi connectivity index (χ2n) is 5.20. The van der Waals surface area contributed by atoms with Gasteiger partial charge in [0.15, 0.2) is 11.5 Å². The molecule has 2 aromatic carbocycles. The van der Waals surface area contributed by atoms with Crippen molar-refractivity contribution in [3.8, 4) is 17.2 Å². The van der Waals surface area contributed by atoms with E-state index in [9.17, 15) is 4.79 Å². The zero-order valence-corrected chi connectivity index (χ0v) is 14.9. The minimum absolute atomic E-state index is 0.187. The van der Waals surface area contributed by atoms with Crippen molar-refractivity contribution in [2.45, 2.75) is 6.54 Å². The Balaban J connectivity index is 2.30. The number of amides is 1. The molecular weight excluding hydrogens is 330 g/mol. The van der Waals surface area contributed by atoms with E-state index < -0.39 is 0 Å². The Morgan fingerprint density at radius 3 is 2.21 bits per heavy atom. The van der Waals surface area contributed by atoms with Crippen LogP contribution in [-0.2, 0) is 6.54 Å². The number of nitrogens with zero attached hydrogens (tertiary/aromatic N) is 1. The van der Waals surface area contributed by atoms with Gasteiger partial charge in [-0.25, -0.2) is 0 Å². The molecule has 0 aliphatic carbocycles. The first kappa shape index (κ1) is 17.9. The van der Waals surface area contributed by atoms with Gasteiger partial charge in [-0.15, -0.1) is 0 Å². The van der Waals surface area contributed by atoms with Gasteiger partial charge in [-0.1, -0.05) is 23.7 Å². The molecule has 24 heavy (non-hydrogen) atoms. The molecule has 0 saturated carbocycles. The van der Waals surface area contributed by atoms with E-state index in [1.807, 2.05) is 18.2 Å². The van der Waals surface area contributed by atoms with E-state index in [2.05, 4.69) is 0 Å². The van der Waals surface area contributed by atoms with Gasteiger partial charge in [0.05, 0.1) is 26.9 Å². The van der Waals surface area contributed by atoms with Crippen molar-refractivity contribution in [3.63, 3.8) is 0 Å². The van der Waals surface area contributed by atoms with Crippen molar-refractivity contribution in [1.82, 2.24) is 4.90 Å². The van der Waals surface area contributed by atoms with Crippen LogP contribution in [0.1, 0.15) is 15.9 Å². The molecule has 0 aliphatic rings. The van der Waals surface area contributed by atoms with Crippen molar-refractivity contribution in [1.29, 1.82) is 0 Å². The lowest BCUT2D eigenvalue weighted by Crippen LogP contribution is -2.26. The molecule has 0 fully saturated rings. The fourth-order valence-electron chi connectivity index (χ4n) is 2.38. The number of carbonyl (C=O) groups excluding carboxylic acids is 1. The van der Waals surface area contributed by atoms with Crippen molar-refractivity contribution in [3.05, 3.63) is 52.5 Å². The number of methoxy groups -OCH3 is 3. The van der Waals surface area contributed by atoms with Crippen LogP contribution in [0.4, 0.5) is 0 Å². The molecule has 0 aromatic heterocycles. The van der Waals surface area contributed by atoms with Crippen LogP contribution in [0.2, 0.25) is 5.02 Å². The van der Waals surface area contributed by atoms with Crippen molar-refractivity contribution < 1.29 is 19.0 Å². The minimum Gasteiger partial charge on any atom is -0.496 e. The topological polar surface area (TPSA) is 48.0 Å². The molecular formula is C18H20ClNO4. The smallest absolute Gasteiger partial charge is 0.257 e. The average molecular weight is 350 g/mol. The molecule has 6 heteroatoms. The summed E-state index contributed by atoms with van der Waals surface area (Å²) in [6.45, 7) is 0.427. The Bertz CT molecular complexity index is 733. The van der Waals surface area contributed by atoms with Crippen LogP contribution in [-0.4, -0.2) is 39.2 Å². The van der Waals surface area contributed by atoms with Crippen LogP contribution < -0.4 is 14.2 Å². The van der Waals surface area contributed by atoms with Gasteiger partial charge >= 0.3 is 0 Å². The van der Waals surface area contributed by atoms with Gasteiger partial charge in [0.1, 0.15) is 5.75 Å². The first-order chi connectivity index (χ1) is 11.5. The molecule has 128 valence electrons. The Hall–Kier alpha value is -2.40. The molecule has 2 rings (SSSR count). The molecule has 0 N–H and O–H groups in total. The number of hydrogen-bond donors (Lipinski definition) is 0. The highest BCUT2D eigenvalue weighted by Gasteiger charge is 2.20. The minimum atomic E-state index is -0.187. The molecule has 0 atom stereocenters. The number of hydrogen-bond acceptors (Lipinski definition) is 4. The van der Waals surface area contributed by atoms with Gasteiger partial charge in [0.25, 0.3) is 5.91 Å². The number of benzene rings is 2. The fraction of sp³-hybridized carbons (Fsp3) is 0.278. The summed E-state index contributed by atoms with van der Waals surface area (Å²) in [6, 6.07) is 10.7. The van der Waals surface area contributed by atoms with Gasteiger partial charge in [-0.2, -0.15) is 0 Å². The number of rotatable bonds is 6. The summed E-state index contributed by atoms with van der Waals surface area (Å²) in [5.74, 6) is 1.21. The normalized spacial score (nSPS) is 10.2. The second-order valence-corrected chi connectivity index (χ2v) is 5.64. The van der Waals surface area contributed by atoms with E-state index in [4.69, 9.17) is 25.8 Å². The van der Waals surface area contributed by atoms with Crippen LogP contribution in [0.25, 0.3) is 0 Å². The van der Waals surface area contributed by atoms with Gasteiger partial charge in [0.2, 0.25) is 0 Å². The standard InChI is InChI=1S/C18H20ClNO4/c1-20(11-12-6-5-7-13(19)8-12)18(21)14-9-16(23-3)17(24-4)10-15(14)22-2/h5-10H,11H2,1-4H3. The first-order valence-corrected chi connectivity index (χ1v) is 7.67. The molecule has 0 spiro atoms. The monoisotopic (exact) mass is 349 g/mol. The van der Waals surface area contributed by atoms with Crippen LogP contribution in [0.3, 0.4) is 0 Å². The molecule has 1 amide bonds. The zero-order valence-electron chi connectivity index (χ0n) is 14.1. The highest BCUT2D eigenvalue weighted by molar-refractivity contribution is 6.30. The van der Waals surface area contributed by atoms with E-state index >= 15 is 0 Å². The lowest BCUT2D eigenvalue weighted by atomic mass is 10.1. The molecule has 2 aromatic rings. The number of halogens is 1. The van der Waals surface area contributed by atoms with E-state index in [0.29, 0.717) is 34.4 Å². The maximum atomic E-state index is 12.8. The Labute approximate surface area is 146 Å². The Morgan fingerprint density at radius 2 is 1.62 bits per heavy atom. The SMILES string of the molecule is COc1cc(OC)c(C(=O)N(C)Cc2cccc(Cl)c2)cc1OC. The number of carbonyl (C=O) groups is 1. The van der Waals surface area contributed by atoms with Crippen molar-refractivity contribution >= 4 is 17.5 Å². The highest BCUT2D eigenvalue weighted by Crippen LogP contribution is 2.35.